The molecule has 1 aromatic heterocycles. The Kier molecular flexibility index (Phi) is 6.48. The number of aliphatic hydroxyl groups is 1. The topological polar surface area (TPSA) is 91.3 Å². The maximum absolute atomic E-state index is 14.1. The molecule has 0 radical (unpaired) electrons. The van der Waals surface area contributed by atoms with Crippen molar-refractivity contribution in [3.63, 3.8) is 0 Å². The van der Waals surface area contributed by atoms with Crippen LogP contribution in [0.15, 0.2) is 30.5 Å². The number of aromatic nitrogens is 1. The van der Waals surface area contributed by atoms with Crippen LogP contribution < -0.4 is 10.6 Å². The number of benzene rings is 1. The Morgan fingerprint density at radius 1 is 1.10 bits per heavy atom. The summed E-state index contributed by atoms with van der Waals surface area (Å²) in [7, 11) is 0. The highest BCUT2D eigenvalue weighted by Gasteiger charge is 2.28. The van der Waals surface area contributed by atoms with Gasteiger partial charge >= 0.3 is 0 Å². The zero-order valence-electron chi connectivity index (χ0n) is 15.4. The molecule has 2 atom stereocenters. The zero-order chi connectivity index (χ0) is 21.0. The quantitative estimate of drug-likeness (QED) is 0.711. The number of hydrogen-bond acceptors (Lipinski definition) is 4. The SMILES string of the molecule is O=C(CO)N[C@@H]1CCC[C@H](C(=O)Nc2cc(-c3ccc(F)cc3F)c(F)cn2)C1. The van der Waals surface area contributed by atoms with E-state index in [-0.39, 0.29) is 28.9 Å². The van der Waals surface area contributed by atoms with E-state index in [1.165, 1.54) is 6.07 Å². The van der Waals surface area contributed by atoms with Crippen LogP contribution in [0.5, 0.6) is 0 Å². The van der Waals surface area contributed by atoms with Crippen molar-refractivity contribution in [1.29, 1.82) is 0 Å². The normalized spacial score (nSPS) is 18.9. The Labute approximate surface area is 165 Å². The van der Waals surface area contributed by atoms with Crippen LogP contribution in [0.4, 0.5) is 19.0 Å². The fourth-order valence-corrected chi connectivity index (χ4v) is 3.48. The van der Waals surface area contributed by atoms with Gasteiger partial charge in [0, 0.05) is 29.2 Å². The summed E-state index contributed by atoms with van der Waals surface area (Å²) in [6.07, 6.45) is 3.30. The summed E-state index contributed by atoms with van der Waals surface area (Å²) in [5.74, 6) is -3.73. The summed E-state index contributed by atoms with van der Waals surface area (Å²) in [4.78, 5) is 27.7. The lowest BCUT2D eigenvalue weighted by atomic mass is 9.85. The van der Waals surface area contributed by atoms with E-state index in [1.807, 2.05) is 0 Å². The van der Waals surface area contributed by atoms with Crippen LogP contribution in [0.3, 0.4) is 0 Å². The van der Waals surface area contributed by atoms with Crippen LogP contribution in [-0.4, -0.2) is 34.6 Å². The van der Waals surface area contributed by atoms with Crippen molar-refractivity contribution in [2.24, 2.45) is 5.92 Å². The van der Waals surface area contributed by atoms with E-state index in [0.29, 0.717) is 25.3 Å². The highest BCUT2D eigenvalue weighted by atomic mass is 19.1. The van der Waals surface area contributed by atoms with Gasteiger partial charge in [-0.1, -0.05) is 6.42 Å². The molecule has 0 saturated heterocycles. The molecular formula is C20H20F3N3O3. The molecule has 3 rings (SSSR count). The third-order valence-corrected chi connectivity index (χ3v) is 4.88. The third-order valence-electron chi connectivity index (χ3n) is 4.88. The van der Waals surface area contributed by atoms with Crippen LogP contribution in [0.1, 0.15) is 25.7 Å². The van der Waals surface area contributed by atoms with Gasteiger partial charge in [-0.3, -0.25) is 9.59 Å². The van der Waals surface area contributed by atoms with E-state index in [4.69, 9.17) is 5.11 Å². The highest BCUT2D eigenvalue weighted by Crippen LogP contribution is 2.29. The number of nitrogens with one attached hydrogen (secondary N) is 2. The van der Waals surface area contributed by atoms with E-state index < -0.39 is 35.9 Å². The Morgan fingerprint density at radius 3 is 2.62 bits per heavy atom. The maximum atomic E-state index is 14.1. The van der Waals surface area contributed by atoms with Crippen molar-refractivity contribution in [3.8, 4) is 11.1 Å². The minimum absolute atomic E-state index is 0.0386. The predicted molar refractivity (Wildman–Crippen MR) is 99.2 cm³/mol. The molecule has 6 nitrogen and oxygen atoms in total. The fraction of sp³-hybridized carbons (Fsp3) is 0.350. The maximum Gasteiger partial charge on any atom is 0.245 e. The summed E-state index contributed by atoms with van der Waals surface area (Å²) >= 11 is 0. The fourth-order valence-electron chi connectivity index (χ4n) is 3.48. The minimum Gasteiger partial charge on any atom is -0.387 e. The van der Waals surface area contributed by atoms with Gasteiger partial charge in [0.2, 0.25) is 11.8 Å². The molecule has 9 heteroatoms. The Balaban J connectivity index is 1.73. The molecule has 1 heterocycles. The summed E-state index contributed by atoms with van der Waals surface area (Å²) in [6.45, 7) is -0.615. The lowest BCUT2D eigenvalue weighted by Crippen LogP contribution is -2.42. The number of hydrogen-bond donors (Lipinski definition) is 3. The molecule has 0 unspecified atom stereocenters. The van der Waals surface area contributed by atoms with Crippen molar-refractivity contribution >= 4 is 17.6 Å². The molecule has 2 amide bonds. The van der Waals surface area contributed by atoms with Gasteiger partial charge in [0.25, 0.3) is 0 Å². The molecule has 3 N–H and O–H groups in total. The lowest BCUT2D eigenvalue weighted by Gasteiger charge is -2.28. The number of pyridine rings is 1. The molecule has 1 fully saturated rings. The molecular weight excluding hydrogens is 387 g/mol. The zero-order valence-corrected chi connectivity index (χ0v) is 15.4. The first-order valence-electron chi connectivity index (χ1n) is 9.19. The molecule has 0 bridgehead atoms. The largest absolute Gasteiger partial charge is 0.387 e. The van der Waals surface area contributed by atoms with Crippen LogP contribution >= 0.6 is 0 Å². The smallest absolute Gasteiger partial charge is 0.245 e. The molecule has 0 spiro atoms. The second kappa shape index (κ2) is 9.04. The van der Waals surface area contributed by atoms with Gasteiger partial charge in [0.1, 0.15) is 29.9 Å². The van der Waals surface area contributed by atoms with Gasteiger partial charge in [0.05, 0.1) is 6.20 Å². The number of carbonyl (C=O) groups is 2. The minimum atomic E-state index is -0.929. The summed E-state index contributed by atoms with van der Waals surface area (Å²) in [5.41, 5.74) is -0.296. The average molecular weight is 407 g/mol. The Bertz CT molecular complexity index is 923. The first-order chi connectivity index (χ1) is 13.9. The summed E-state index contributed by atoms with van der Waals surface area (Å²) in [6, 6.07) is 3.75. The van der Waals surface area contributed by atoms with Gasteiger partial charge in [-0.2, -0.15) is 0 Å². The van der Waals surface area contributed by atoms with Crippen molar-refractivity contribution in [2.75, 3.05) is 11.9 Å². The van der Waals surface area contributed by atoms with E-state index >= 15 is 0 Å². The molecule has 154 valence electrons. The van der Waals surface area contributed by atoms with Gasteiger partial charge in [-0.15, -0.1) is 0 Å². The van der Waals surface area contributed by atoms with Crippen molar-refractivity contribution in [1.82, 2.24) is 10.3 Å². The molecule has 0 aliphatic heterocycles. The monoisotopic (exact) mass is 407 g/mol. The Hall–Kier alpha value is -2.94. The number of halogens is 3. The van der Waals surface area contributed by atoms with Crippen LogP contribution in [-0.2, 0) is 9.59 Å². The van der Waals surface area contributed by atoms with Crippen molar-refractivity contribution < 1.29 is 27.9 Å². The number of nitrogens with zero attached hydrogens (tertiary/aromatic N) is 1. The van der Waals surface area contributed by atoms with Crippen molar-refractivity contribution in [2.45, 2.75) is 31.7 Å². The first kappa shape index (κ1) is 20.8. The molecule has 29 heavy (non-hydrogen) atoms. The van der Waals surface area contributed by atoms with Crippen LogP contribution in [0.2, 0.25) is 0 Å². The standard InChI is InChI=1S/C20H20F3N3O3/c21-12-4-5-14(16(22)7-12)15-8-18(24-9-17(15)23)26-20(29)11-2-1-3-13(6-11)25-19(28)10-27/h4-5,7-9,11,13,27H,1-3,6,10H2,(H,25,28)(H,24,26,29)/t11-,13+/m0/s1. The van der Waals surface area contributed by atoms with E-state index in [0.717, 1.165) is 24.8 Å². The molecule has 1 aliphatic carbocycles. The van der Waals surface area contributed by atoms with E-state index in [2.05, 4.69) is 15.6 Å². The van der Waals surface area contributed by atoms with Gasteiger partial charge in [0.15, 0.2) is 0 Å². The number of anilines is 1. The van der Waals surface area contributed by atoms with Crippen molar-refractivity contribution in [3.05, 3.63) is 47.9 Å². The number of aliphatic hydroxyl groups excluding tert-OH is 1. The van der Waals surface area contributed by atoms with E-state index in [1.54, 1.807) is 0 Å². The number of amides is 2. The second-order valence-corrected chi connectivity index (χ2v) is 6.95. The summed E-state index contributed by atoms with van der Waals surface area (Å²) in [5, 5.41) is 14.1. The molecule has 1 saturated carbocycles. The summed E-state index contributed by atoms with van der Waals surface area (Å²) < 4.78 is 41.3. The molecule has 1 aromatic carbocycles. The molecule has 1 aliphatic rings. The lowest BCUT2D eigenvalue weighted by molar-refractivity contribution is -0.126. The van der Waals surface area contributed by atoms with Gasteiger partial charge < -0.3 is 15.7 Å². The highest BCUT2D eigenvalue weighted by molar-refractivity contribution is 5.92. The number of carbonyl (C=O) groups excluding carboxylic acids is 2. The van der Waals surface area contributed by atoms with Crippen LogP contribution in [0.25, 0.3) is 11.1 Å². The van der Waals surface area contributed by atoms with Crippen LogP contribution in [0, 0.1) is 23.4 Å². The Morgan fingerprint density at radius 2 is 1.90 bits per heavy atom. The predicted octanol–water partition coefficient (Wildman–Crippen LogP) is 2.77. The van der Waals surface area contributed by atoms with E-state index in [9.17, 15) is 22.8 Å². The third kappa shape index (κ3) is 5.11. The average Bonchev–Trinajstić information content (AvgIpc) is 2.70. The van der Waals surface area contributed by atoms with Gasteiger partial charge in [-0.25, -0.2) is 18.2 Å². The second-order valence-electron chi connectivity index (χ2n) is 6.95. The first-order valence-corrected chi connectivity index (χ1v) is 9.19. The van der Waals surface area contributed by atoms with Gasteiger partial charge in [-0.05, 0) is 37.5 Å². The molecule has 2 aromatic rings. The number of rotatable bonds is 5.